The third-order valence-corrected chi connectivity index (χ3v) is 7.94. The van der Waals surface area contributed by atoms with Crippen molar-refractivity contribution in [2.45, 2.75) is 51.1 Å². The minimum Gasteiger partial charge on any atom is -0.333 e. The highest BCUT2D eigenvalue weighted by atomic mass is 32.2. The van der Waals surface area contributed by atoms with Gasteiger partial charge in [-0.15, -0.1) is 0 Å². The van der Waals surface area contributed by atoms with Crippen LogP contribution in [0, 0.1) is 0 Å². The van der Waals surface area contributed by atoms with Gasteiger partial charge in [-0.05, 0) is 44.0 Å². The molecule has 0 saturated carbocycles. The minimum atomic E-state index is -3.45. The molecule has 6 nitrogen and oxygen atoms in total. The van der Waals surface area contributed by atoms with Gasteiger partial charge >= 0.3 is 0 Å². The van der Waals surface area contributed by atoms with Gasteiger partial charge in [0.05, 0.1) is 4.90 Å². The summed E-state index contributed by atoms with van der Waals surface area (Å²) in [5.74, 6) is 0.0973. The molecule has 1 heterocycles. The molecule has 0 spiro atoms. The average molecular weight is 431 g/mol. The summed E-state index contributed by atoms with van der Waals surface area (Å²) in [4.78, 5) is 15.1. The van der Waals surface area contributed by atoms with Crippen molar-refractivity contribution in [2.75, 3.05) is 24.5 Å². The number of nitrogens with two attached hydrogens (primary N) is 1. The van der Waals surface area contributed by atoms with E-state index in [1.807, 2.05) is 61.3 Å². The zero-order chi connectivity index (χ0) is 21.9. The van der Waals surface area contributed by atoms with Gasteiger partial charge in [0.15, 0.2) is 6.54 Å². The number of hydrogen-bond donors (Lipinski definition) is 1. The van der Waals surface area contributed by atoms with Gasteiger partial charge in [0.2, 0.25) is 10.0 Å². The lowest BCUT2D eigenvalue weighted by atomic mass is 10.1. The summed E-state index contributed by atoms with van der Waals surface area (Å²) in [7, 11) is -3.45. The van der Waals surface area contributed by atoms with Crippen molar-refractivity contribution in [3.8, 4) is 0 Å². The van der Waals surface area contributed by atoms with Crippen LogP contribution >= 0.6 is 0 Å². The fourth-order valence-corrected chi connectivity index (χ4v) is 5.57. The number of hydrogen-bond acceptors (Lipinski definition) is 3. The maximum absolute atomic E-state index is 12.9. The van der Waals surface area contributed by atoms with Crippen LogP contribution < -0.4 is 10.2 Å². The van der Waals surface area contributed by atoms with Gasteiger partial charge in [0.25, 0.3) is 5.91 Å². The summed E-state index contributed by atoms with van der Waals surface area (Å²) >= 11 is 0. The molecule has 1 aliphatic rings. The van der Waals surface area contributed by atoms with Crippen LogP contribution in [-0.2, 0) is 21.2 Å². The molecule has 0 saturated heterocycles. The van der Waals surface area contributed by atoms with E-state index in [0.29, 0.717) is 24.5 Å². The van der Waals surface area contributed by atoms with Crippen LogP contribution in [0.3, 0.4) is 0 Å². The summed E-state index contributed by atoms with van der Waals surface area (Å²) in [5.41, 5.74) is 3.23. The highest BCUT2D eigenvalue weighted by Crippen LogP contribution is 2.31. The molecular formula is C23H32N3O3S+. The molecule has 2 aromatic carbocycles. The van der Waals surface area contributed by atoms with Gasteiger partial charge < -0.3 is 10.2 Å². The summed E-state index contributed by atoms with van der Waals surface area (Å²) in [6.45, 7) is 9.03. The molecule has 0 aliphatic carbocycles. The van der Waals surface area contributed by atoms with E-state index in [1.54, 1.807) is 12.1 Å². The van der Waals surface area contributed by atoms with Crippen LogP contribution in [0.25, 0.3) is 0 Å². The van der Waals surface area contributed by atoms with E-state index < -0.39 is 10.0 Å². The number of nitrogens with zero attached hydrogens (tertiary/aromatic N) is 2. The third-order valence-electron chi connectivity index (χ3n) is 5.87. The van der Waals surface area contributed by atoms with Crippen LogP contribution in [0.2, 0.25) is 0 Å². The Kier molecular flexibility index (Phi) is 6.95. The van der Waals surface area contributed by atoms with Gasteiger partial charge in [-0.3, -0.25) is 4.79 Å². The molecule has 0 radical (unpaired) electrons. The van der Waals surface area contributed by atoms with Gasteiger partial charge in [0, 0.05) is 30.4 Å². The maximum atomic E-state index is 12.9. The van der Waals surface area contributed by atoms with Crippen molar-refractivity contribution >= 4 is 21.6 Å². The molecule has 2 aromatic rings. The zero-order valence-corrected chi connectivity index (χ0v) is 19.0. The summed E-state index contributed by atoms with van der Waals surface area (Å²) < 4.78 is 26.7. The maximum Gasteiger partial charge on any atom is 0.282 e. The number of benzene rings is 2. The molecule has 0 unspecified atom stereocenters. The lowest BCUT2D eigenvalue weighted by Gasteiger charge is -2.23. The molecule has 1 aliphatic heterocycles. The molecule has 0 bridgehead atoms. The lowest BCUT2D eigenvalue weighted by molar-refractivity contribution is -0.682. The normalized spacial score (nSPS) is 17.2. The summed E-state index contributed by atoms with van der Waals surface area (Å²) in [5, 5.41) is 2.00. The van der Waals surface area contributed by atoms with Crippen molar-refractivity contribution < 1.29 is 18.5 Å². The third kappa shape index (κ3) is 4.43. The highest BCUT2D eigenvalue weighted by molar-refractivity contribution is 7.89. The van der Waals surface area contributed by atoms with Crippen molar-refractivity contribution in [2.24, 2.45) is 0 Å². The van der Waals surface area contributed by atoms with Gasteiger partial charge in [0.1, 0.15) is 6.04 Å². The number of amides is 1. The lowest BCUT2D eigenvalue weighted by Crippen LogP contribution is -2.87. The quantitative estimate of drug-likeness (QED) is 0.698. The molecule has 0 aromatic heterocycles. The fraction of sp³-hybridized carbons (Fsp3) is 0.435. The first kappa shape index (κ1) is 22.5. The van der Waals surface area contributed by atoms with E-state index in [9.17, 15) is 13.2 Å². The van der Waals surface area contributed by atoms with E-state index in [4.69, 9.17) is 0 Å². The Morgan fingerprint density at radius 1 is 1.13 bits per heavy atom. The number of quaternary nitrogens is 1. The fourth-order valence-electron chi connectivity index (χ4n) is 4.11. The van der Waals surface area contributed by atoms with E-state index >= 15 is 0 Å². The van der Waals surface area contributed by atoms with Gasteiger partial charge in [-0.1, -0.05) is 44.2 Å². The van der Waals surface area contributed by atoms with Crippen LogP contribution in [0.1, 0.15) is 44.9 Å². The van der Waals surface area contributed by atoms with Gasteiger partial charge in [-0.25, -0.2) is 8.42 Å². The highest BCUT2D eigenvalue weighted by Gasteiger charge is 2.31. The van der Waals surface area contributed by atoms with Crippen molar-refractivity contribution in [1.29, 1.82) is 0 Å². The first-order chi connectivity index (χ1) is 14.3. The Bertz CT molecular complexity index is 985. The molecule has 162 valence electrons. The number of carbonyl (C=O) groups excluding carboxylic acids is 1. The number of sulfonamides is 1. The van der Waals surface area contributed by atoms with Crippen LogP contribution in [0.15, 0.2) is 53.4 Å². The summed E-state index contributed by atoms with van der Waals surface area (Å²) in [6, 6.07) is 15.3. The largest absolute Gasteiger partial charge is 0.333 e. The molecule has 0 fully saturated rings. The van der Waals surface area contributed by atoms with E-state index in [-0.39, 0.29) is 18.0 Å². The zero-order valence-electron chi connectivity index (χ0n) is 18.2. The molecule has 3 rings (SSSR count). The monoisotopic (exact) mass is 430 g/mol. The van der Waals surface area contributed by atoms with E-state index in [2.05, 4.69) is 13.0 Å². The van der Waals surface area contributed by atoms with Crippen LogP contribution in [0.4, 0.5) is 5.69 Å². The predicted molar refractivity (Wildman–Crippen MR) is 119 cm³/mol. The number of rotatable bonds is 8. The number of carbonyl (C=O) groups is 1. The molecule has 2 atom stereocenters. The van der Waals surface area contributed by atoms with Crippen molar-refractivity contribution in [1.82, 2.24) is 4.31 Å². The van der Waals surface area contributed by atoms with Gasteiger partial charge in [-0.2, -0.15) is 4.31 Å². The standard InChI is InChI=1S/C23H31N3O3S/c1-5-25(6-2)30(28,29)21-13-11-19(12-14-21)18(4)24-16-23(27)26-17(3)15-20-9-7-8-10-22(20)26/h7-14,17-18,24H,5-6,15-16H2,1-4H3/p+1/t17-,18-/m0/s1. The first-order valence-electron chi connectivity index (χ1n) is 10.6. The summed E-state index contributed by atoms with van der Waals surface area (Å²) in [6.07, 6.45) is 0.889. The minimum absolute atomic E-state index is 0.0484. The van der Waals surface area contributed by atoms with E-state index in [1.165, 1.54) is 9.87 Å². The number of fused-ring (bicyclic) bond motifs is 1. The Balaban J connectivity index is 1.64. The number of anilines is 1. The number of para-hydroxylation sites is 1. The van der Waals surface area contributed by atoms with E-state index in [0.717, 1.165) is 17.7 Å². The Labute approximate surface area is 179 Å². The Morgan fingerprint density at radius 3 is 2.40 bits per heavy atom. The van der Waals surface area contributed by atoms with Crippen molar-refractivity contribution in [3.05, 3.63) is 59.7 Å². The smallest absolute Gasteiger partial charge is 0.282 e. The second kappa shape index (κ2) is 9.29. The van der Waals surface area contributed by atoms with Crippen LogP contribution in [-0.4, -0.2) is 44.3 Å². The van der Waals surface area contributed by atoms with Crippen molar-refractivity contribution in [3.63, 3.8) is 0 Å². The molecule has 30 heavy (non-hydrogen) atoms. The Morgan fingerprint density at radius 2 is 1.77 bits per heavy atom. The average Bonchev–Trinajstić information content (AvgIpc) is 3.08. The molecule has 7 heteroatoms. The Hall–Kier alpha value is -2.22. The topological polar surface area (TPSA) is 74.3 Å². The molecule has 2 N–H and O–H groups in total. The molecular weight excluding hydrogens is 398 g/mol. The molecule has 1 amide bonds. The SMILES string of the molecule is CCN(CC)S(=O)(=O)c1ccc([C@H](C)[NH2+]CC(=O)N2c3ccccc3C[C@@H]2C)cc1. The second-order valence-electron chi connectivity index (χ2n) is 7.83. The second-order valence-corrected chi connectivity index (χ2v) is 9.77. The first-order valence-corrected chi connectivity index (χ1v) is 12.1. The predicted octanol–water partition coefficient (Wildman–Crippen LogP) is 2.32. The van der Waals surface area contributed by atoms with Crippen LogP contribution in [0.5, 0.6) is 0 Å².